The van der Waals surface area contributed by atoms with Gasteiger partial charge < -0.3 is 15.1 Å². The minimum Gasteiger partial charge on any atom is -0.371 e. The maximum absolute atomic E-state index is 4.46. The highest BCUT2D eigenvalue weighted by atomic mass is 127. The Morgan fingerprint density at radius 2 is 1.85 bits per heavy atom. The maximum Gasteiger partial charge on any atom is 0.193 e. The molecule has 0 aliphatic carbocycles. The number of benzene rings is 2. The zero-order valence-corrected chi connectivity index (χ0v) is 18.9. The van der Waals surface area contributed by atoms with Crippen molar-refractivity contribution in [2.75, 3.05) is 38.6 Å². The van der Waals surface area contributed by atoms with E-state index >= 15 is 0 Å². The van der Waals surface area contributed by atoms with Crippen LogP contribution in [-0.2, 0) is 6.54 Å². The second-order valence-electron chi connectivity index (χ2n) is 7.21. The van der Waals surface area contributed by atoms with Gasteiger partial charge in [0.2, 0.25) is 0 Å². The monoisotopic (exact) mass is 478 g/mol. The number of aryl methyl sites for hydroxylation is 1. The number of hydrogen-bond donors (Lipinski definition) is 1. The third kappa shape index (κ3) is 6.13. The molecule has 0 radical (unpaired) electrons. The highest BCUT2D eigenvalue weighted by Crippen LogP contribution is 2.23. The molecule has 1 N–H and O–H groups in total. The van der Waals surface area contributed by atoms with Crippen LogP contribution in [-0.4, -0.2) is 44.6 Å². The predicted octanol–water partition coefficient (Wildman–Crippen LogP) is 4.15. The molecule has 1 fully saturated rings. The van der Waals surface area contributed by atoms with Gasteiger partial charge in [0.25, 0.3) is 0 Å². The van der Waals surface area contributed by atoms with Crippen molar-refractivity contribution >= 4 is 35.6 Å². The standard InChI is InChI=1S/C22H30N4.HI/c1-18-9-11-19(12-10-18)16-25(3)22(23-2)24-15-20-13-14-26(17-20)21-7-5-4-6-8-21;/h4-12,20H,13-17H2,1-3H3,(H,23,24);1H. The van der Waals surface area contributed by atoms with Gasteiger partial charge in [-0.1, -0.05) is 48.0 Å². The molecule has 1 atom stereocenters. The fraction of sp³-hybridized carbons (Fsp3) is 0.409. The van der Waals surface area contributed by atoms with E-state index in [-0.39, 0.29) is 24.0 Å². The molecule has 2 aromatic rings. The SMILES string of the molecule is CN=C(NCC1CCN(c2ccccc2)C1)N(C)Cc1ccc(C)cc1.I. The lowest BCUT2D eigenvalue weighted by atomic mass is 10.1. The van der Waals surface area contributed by atoms with Crippen LogP contribution < -0.4 is 10.2 Å². The molecule has 4 nitrogen and oxygen atoms in total. The van der Waals surface area contributed by atoms with Crippen molar-refractivity contribution in [1.82, 2.24) is 10.2 Å². The summed E-state index contributed by atoms with van der Waals surface area (Å²) in [5.41, 5.74) is 3.93. The Morgan fingerprint density at radius 3 is 2.52 bits per heavy atom. The Kier molecular flexibility index (Phi) is 8.41. The second kappa shape index (κ2) is 10.5. The van der Waals surface area contributed by atoms with Crippen molar-refractivity contribution in [1.29, 1.82) is 0 Å². The van der Waals surface area contributed by atoms with Crippen LogP contribution in [0.4, 0.5) is 5.69 Å². The Balaban J connectivity index is 0.00000261. The van der Waals surface area contributed by atoms with E-state index in [9.17, 15) is 0 Å². The van der Waals surface area contributed by atoms with E-state index in [0.717, 1.165) is 32.1 Å². The minimum atomic E-state index is 0. The fourth-order valence-electron chi connectivity index (χ4n) is 3.54. The Morgan fingerprint density at radius 1 is 1.15 bits per heavy atom. The molecule has 0 bridgehead atoms. The average Bonchev–Trinajstić information content (AvgIpc) is 3.14. The summed E-state index contributed by atoms with van der Waals surface area (Å²) < 4.78 is 0. The molecule has 5 heteroatoms. The number of rotatable bonds is 5. The van der Waals surface area contributed by atoms with Crippen LogP contribution in [0.2, 0.25) is 0 Å². The first-order chi connectivity index (χ1) is 12.7. The van der Waals surface area contributed by atoms with Crippen molar-refractivity contribution < 1.29 is 0 Å². The van der Waals surface area contributed by atoms with Crippen LogP contribution in [0.25, 0.3) is 0 Å². The van der Waals surface area contributed by atoms with Crippen LogP contribution in [0, 0.1) is 12.8 Å². The van der Waals surface area contributed by atoms with Crippen LogP contribution in [0.1, 0.15) is 17.5 Å². The van der Waals surface area contributed by atoms with E-state index in [2.05, 4.69) is 88.7 Å². The van der Waals surface area contributed by atoms with Gasteiger partial charge in [-0.25, -0.2) is 0 Å². The third-order valence-electron chi connectivity index (χ3n) is 5.07. The Hall–Kier alpha value is -1.76. The first kappa shape index (κ1) is 21.5. The van der Waals surface area contributed by atoms with Crippen molar-refractivity contribution in [3.63, 3.8) is 0 Å². The molecule has 0 aromatic heterocycles. The normalized spacial score (nSPS) is 16.8. The van der Waals surface area contributed by atoms with Crippen molar-refractivity contribution in [3.05, 3.63) is 65.7 Å². The van der Waals surface area contributed by atoms with Gasteiger partial charge in [-0.05, 0) is 37.0 Å². The minimum absolute atomic E-state index is 0. The van der Waals surface area contributed by atoms with E-state index in [4.69, 9.17) is 0 Å². The molecule has 2 aromatic carbocycles. The Bertz CT molecular complexity index is 715. The summed E-state index contributed by atoms with van der Waals surface area (Å²) in [4.78, 5) is 9.12. The summed E-state index contributed by atoms with van der Waals surface area (Å²) >= 11 is 0. The van der Waals surface area contributed by atoms with E-state index in [1.165, 1.54) is 23.2 Å². The molecule has 0 amide bonds. The van der Waals surface area contributed by atoms with Crippen LogP contribution in [0.15, 0.2) is 59.6 Å². The van der Waals surface area contributed by atoms with Gasteiger partial charge >= 0.3 is 0 Å². The smallest absolute Gasteiger partial charge is 0.193 e. The lowest BCUT2D eigenvalue weighted by Crippen LogP contribution is -2.41. The van der Waals surface area contributed by atoms with Crippen LogP contribution >= 0.6 is 24.0 Å². The highest BCUT2D eigenvalue weighted by molar-refractivity contribution is 14.0. The molecule has 3 rings (SSSR count). The number of halogens is 1. The molecular formula is C22H31IN4. The Labute approximate surface area is 180 Å². The van der Waals surface area contributed by atoms with Gasteiger partial charge in [0.05, 0.1) is 0 Å². The number of guanidine groups is 1. The molecule has 27 heavy (non-hydrogen) atoms. The lowest BCUT2D eigenvalue weighted by Gasteiger charge is -2.24. The van der Waals surface area contributed by atoms with Crippen LogP contribution in [0.3, 0.4) is 0 Å². The quantitative estimate of drug-likeness (QED) is 0.398. The number of aliphatic imine (C=N–C) groups is 1. The first-order valence-electron chi connectivity index (χ1n) is 9.43. The summed E-state index contributed by atoms with van der Waals surface area (Å²) in [5, 5.41) is 3.56. The number of nitrogens with one attached hydrogen (secondary N) is 1. The largest absolute Gasteiger partial charge is 0.371 e. The summed E-state index contributed by atoms with van der Waals surface area (Å²) in [7, 11) is 3.96. The van der Waals surface area contributed by atoms with Gasteiger partial charge in [0.1, 0.15) is 0 Å². The van der Waals surface area contributed by atoms with E-state index in [0.29, 0.717) is 5.92 Å². The molecule has 1 aliphatic heterocycles. The van der Waals surface area contributed by atoms with Crippen molar-refractivity contribution in [3.8, 4) is 0 Å². The highest BCUT2D eigenvalue weighted by Gasteiger charge is 2.23. The first-order valence-corrected chi connectivity index (χ1v) is 9.43. The summed E-state index contributed by atoms with van der Waals surface area (Å²) in [6.45, 7) is 6.19. The van der Waals surface area contributed by atoms with Gasteiger partial charge in [-0.2, -0.15) is 0 Å². The number of nitrogens with zero attached hydrogens (tertiary/aromatic N) is 3. The number of para-hydroxylation sites is 1. The van der Waals surface area contributed by atoms with Crippen molar-refractivity contribution in [2.24, 2.45) is 10.9 Å². The van der Waals surface area contributed by atoms with Gasteiger partial charge in [0, 0.05) is 46.0 Å². The molecule has 0 spiro atoms. The van der Waals surface area contributed by atoms with E-state index < -0.39 is 0 Å². The van der Waals surface area contributed by atoms with Gasteiger partial charge in [-0.3, -0.25) is 4.99 Å². The molecular weight excluding hydrogens is 447 g/mol. The lowest BCUT2D eigenvalue weighted by molar-refractivity contribution is 0.462. The fourth-order valence-corrected chi connectivity index (χ4v) is 3.54. The molecule has 1 aliphatic rings. The predicted molar refractivity (Wildman–Crippen MR) is 126 cm³/mol. The van der Waals surface area contributed by atoms with Gasteiger partial charge in [-0.15, -0.1) is 24.0 Å². The molecule has 146 valence electrons. The number of hydrogen-bond acceptors (Lipinski definition) is 2. The van der Waals surface area contributed by atoms with E-state index in [1.54, 1.807) is 0 Å². The van der Waals surface area contributed by atoms with E-state index in [1.807, 2.05) is 7.05 Å². The second-order valence-corrected chi connectivity index (χ2v) is 7.21. The molecule has 0 saturated carbocycles. The average molecular weight is 478 g/mol. The van der Waals surface area contributed by atoms with Crippen molar-refractivity contribution in [2.45, 2.75) is 19.9 Å². The molecule has 1 saturated heterocycles. The molecule has 1 unspecified atom stereocenters. The summed E-state index contributed by atoms with van der Waals surface area (Å²) in [5.74, 6) is 1.61. The molecule has 1 heterocycles. The summed E-state index contributed by atoms with van der Waals surface area (Å²) in [6, 6.07) is 19.4. The maximum atomic E-state index is 4.46. The summed E-state index contributed by atoms with van der Waals surface area (Å²) in [6.07, 6.45) is 1.22. The number of anilines is 1. The zero-order chi connectivity index (χ0) is 18.4. The zero-order valence-electron chi connectivity index (χ0n) is 16.6. The third-order valence-corrected chi connectivity index (χ3v) is 5.07. The topological polar surface area (TPSA) is 30.9 Å². The van der Waals surface area contributed by atoms with Gasteiger partial charge in [0.15, 0.2) is 5.96 Å². The van der Waals surface area contributed by atoms with Crippen LogP contribution in [0.5, 0.6) is 0 Å².